The molecular formula is C20H22N2O3. The number of esters is 1. The number of piperidine rings is 1. The van der Waals surface area contributed by atoms with E-state index in [4.69, 9.17) is 4.74 Å². The molecular weight excluding hydrogens is 316 g/mol. The molecule has 0 aromatic heterocycles. The Balaban J connectivity index is 1.85. The van der Waals surface area contributed by atoms with E-state index in [0.717, 1.165) is 36.5 Å². The van der Waals surface area contributed by atoms with E-state index in [-0.39, 0.29) is 23.3 Å². The van der Waals surface area contributed by atoms with E-state index >= 15 is 0 Å². The van der Waals surface area contributed by atoms with Gasteiger partial charge in [-0.05, 0) is 30.5 Å². The number of methoxy groups -OCH3 is 1. The van der Waals surface area contributed by atoms with Crippen LogP contribution in [-0.4, -0.2) is 48.3 Å². The van der Waals surface area contributed by atoms with Gasteiger partial charge in [0.1, 0.15) is 0 Å². The summed E-state index contributed by atoms with van der Waals surface area (Å²) in [5, 5.41) is 14.8. The first-order chi connectivity index (χ1) is 12.1. The zero-order valence-electron chi connectivity index (χ0n) is 14.5. The summed E-state index contributed by atoms with van der Waals surface area (Å²) in [6.45, 7) is 3.71. The summed E-state index contributed by atoms with van der Waals surface area (Å²) in [5.74, 6) is -0.626. The Bertz CT molecular complexity index is 843. The number of hydrogen-bond donors (Lipinski definition) is 2. The standard InChI is InChI=1S/C20H22N2O3/c1-3-11-10-22-9-8-20-12-6-4-5-7-13(12)21-17(20)15(19(24)25-2)14(11)16(23)18(20)22/h3-7,14,16,18,21,23H,8-10H2,1-2H3/b11-3-/t14-,16?,18-,20-/m0/s1. The molecule has 2 fully saturated rings. The number of allylic oxidation sites excluding steroid dienone is 1. The van der Waals surface area contributed by atoms with Gasteiger partial charge in [-0.3, -0.25) is 4.90 Å². The van der Waals surface area contributed by atoms with Crippen LogP contribution in [-0.2, 0) is 14.9 Å². The van der Waals surface area contributed by atoms with Crippen molar-refractivity contribution in [3.8, 4) is 0 Å². The van der Waals surface area contributed by atoms with Gasteiger partial charge >= 0.3 is 5.97 Å². The normalized spacial score (nSPS) is 36.9. The summed E-state index contributed by atoms with van der Waals surface area (Å²) in [6, 6.07) is 8.23. The van der Waals surface area contributed by atoms with Crippen LogP contribution in [0.25, 0.3) is 0 Å². The largest absolute Gasteiger partial charge is 0.466 e. The average Bonchev–Trinajstić information content (AvgIpc) is 3.18. The average molecular weight is 338 g/mol. The van der Waals surface area contributed by atoms with Crippen molar-refractivity contribution in [2.45, 2.75) is 30.9 Å². The van der Waals surface area contributed by atoms with Gasteiger partial charge in [0.15, 0.2) is 0 Å². The number of nitrogens with one attached hydrogen (secondary N) is 1. The van der Waals surface area contributed by atoms with Crippen molar-refractivity contribution in [1.29, 1.82) is 0 Å². The molecule has 1 aromatic rings. The van der Waals surface area contributed by atoms with Crippen LogP contribution in [0.5, 0.6) is 0 Å². The minimum absolute atomic E-state index is 0.000700. The van der Waals surface area contributed by atoms with Crippen molar-refractivity contribution in [2.75, 3.05) is 25.5 Å². The number of anilines is 1. The number of ether oxygens (including phenoxy) is 1. The van der Waals surface area contributed by atoms with Crippen LogP contribution in [0.15, 0.2) is 47.2 Å². The molecule has 0 amide bonds. The molecule has 4 aliphatic rings. The molecule has 1 aliphatic carbocycles. The fourth-order valence-electron chi connectivity index (χ4n) is 5.70. The number of aliphatic hydroxyl groups is 1. The van der Waals surface area contributed by atoms with Crippen LogP contribution in [0.2, 0.25) is 0 Å². The van der Waals surface area contributed by atoms with Gasteiger partial charge in [-0.25, -0.2) is 4.79 Å². The molecule has 0 radical (unpaired) electrons. The lowest BCUT2D eigenvalue weighted by Gasteiger charge is -2.51. The molecule has 25 heavy (non-hydrogen) atoms. The molecule has 1 aromatic carbocycles. The third-order valence-corrected chi connectivity index (χ3v) is 6.61. The number of para-hydroxylation sites is 1. The fourth-order valence-corrected chi connectivity index (χ4v) is 5.70. The lowest BCUT2D eigenvalue weighted by molar-refractivity contribution is -0.138. The Hall–Kier alpha value is -2.11. The van der Waals surface area contributed by atoms with Gasteiger partial charge in [0, 0.05) is 30.4 Å². The van der Waals surface area contributed by atoms with E-state index in [0.29, 0.717) is 5.57 Å². The Morgan fingerprint density at radius 1 is 1.44 bits per heavy atom. The van der Waals surface area contributed by atoms with Gasteiger partial charge in [0.25, 0.3) is 0 Å². The molecule has 4 atom stereocenters. The first kappa shape index (κ1) is 15.2. The second kappa shape index (κ2) is 4.96. The molecule has 3 aliphatic heterocycles. The van der Waals surface area contributed by atoms with Crippen molar-refractivity contribution in [3.63, 3.8) is 0 Å². The molecule has 130 valence electrons. The number of carbonyl (C=O) groups is 1. The van der Waals surface area contributed by atoms with Gasteiger partial charge in [-0.1, -0.05) is 24.3 Å². The highest BCUT2D eigenvalue weighted by Crippen LogP contribution is 2.61. The van der Waals surface area contributed by atoms with Gasteiger partial charge in [0.2, 0.25) is 0 Å². The van der Waals surface area contributed by atoms with Crippen LogP contribution in [0.1, 0.15) is 18.9 Å². The van der Waals surface area contributed by atoms with E-state index < -0.39 is 6.10 Å². The number of rotatable bonds is 1. The Kier molecular flexibility index (Phi) is 3.01. The summed E-state index contributed by atoms with van der Waals surface area (Å²) >= 11 is 0. The summed E-state index contributed by atoms with van der Waals surface area (Å²) in [6.07, 6.45) is 2.34. The number of benzene rings is 1. The smallest absolute Gasteiger partial charge is 0.336 e. The van der Waals surface area contributed by atoms with Crippen LogP contribution < -0.4 is 5.32 Å². The second-order valence-electron chi connectivity index (χ2n) is 7.42. The SMILES string of the molecule is C/C=C1/CN2CC[C@]34C(=C(C(=O)OC)[C@H]1C(O)[C@H]23)Nc1ccccc14. The zero-order chi connectivity index (χ0) is 17.3. The van der Waals surface area contributed by atoms with Crippen LogP contribution in [0, 0.1) is 5.92 Å². The molecule has 1 spiro atoms. The Morgan fingerprint density at radius 3 is 3.00 bits per heavy atom. The van der Waals surface area contributed by atoms with Crippen LogP contribution in [0.3, 0.4) is 0 Å². The molecule has 3 heterocycles. The minimum Gasteiger partial charge on any atom is -0.466 e. The minimum atomic E-state index is -0.603. The first-order valence-corrected chi connectivity index (χ1v) is 8.90. The summed E-state index contributed by atoms with van der Waals surface area (Å²) in [4.78, 5) is 15.2. The highest BCUT2D eigenvalue weighted by molar-refractivity contribution is 5.94. The Labute approximate surface area is 147 Å². The molecule has 2 N–H and O–H groups in total. The van der Waals surface area contributed by atoms with Crippen molar-refractivity contribution in [1.82, 2.24) is 4.90 Å². The topological polar surface area (TPSA) is 61.8 Å². The van der Waals surface area contributed by atoms with Gasteiger partial charge in [-0.2, -0.15) is 0 Å². The van der Waals surface area contributed by atoms with Crippen LogP contribution in [0.4, 0.5) is 5.69 Å². The first-order valence-electron chi connectivity index (χ1n) is 8.90. The van der Waals surface area contributed by atoms with E-state index in [1.807, 2.05) is 25.1 Å². The van der Waals surface area contributed by atoms with Gasteiger partial charge in [0.05, 0.1) is 30.2 Å². The third kappa shape index (κ3) is 1.63. The van der Waals surface area contributed by atoms with Crippen molar-refractivity contribution in [2.24, 2.45) is 5.92 Å². The lowest BCUT2D eigenvalue weighted by atomic mass is 9.60. The molecule has 5 nitrogen and oxygen atoms in total. The molecule has 5 rings (SSSR count). The van der Waals surface area contributed by atoms with Gasteiger partial charge in [-0.15, -0.1) is 0 Å². The molecule has 0 saturated carbocycles. The highest BCUT2D eigenvalue weighted by Gasteiger charge is 2.65. The number of fused-ring (bicyclic) bond motifs is 2. The number of hydrogen-bond acceptors (Lipinski definition) is 5. The third-order valence-electron chi connectivity index (χ3n) is 6.61. The number of carbonyl (C=O) groups excluding carboxylic acids is 1. The van der Waals surface area contributed by atoms with Crippen molar-refractivity contribution < 1.29 is 14.6 Å². The fraction of sp³-hybridized carbons (Fsp3) is 0.450. The maximum Gasteiger partial charge on any atom is 0.336 e. The summed E-state index contributed by atoms with van der Waals surface area (Å²) in [7, 11) is 1.42. The highest BCUT2D eigenvalue weighted by atomic mass is 16.5. The monoisotopic (exact) mass is 338 g/mol. The predicted octanol–water partition coefficient (Wildman–Crippen LogP) is 1.80. The van der Waals surface area contributed by atoms with E-state index in [2.05, 4.69) is 22.3 Å². The van der Waals surface area contributed by atoms with Crippen molar-refractivity contribution in [3.05, 3.63) is 52.7 Å². The number of aliphatic hydroxyl groups excluding tert-OH is 1. The summed E-state index contributed by atoms with van der Waals surface area (Å²) < 4.78 is 5.14. The van der Waals surface area contributed by atoms with Gasteiger partial charge < -0.3 is 15.2 Å². The zero-order valence-corrected chi connectivity index (χ0v) is 14.5. The quantitative estimate of drug-likeness (QED) is 0.604. The summed E-state index contributed by atoms with van der Waals surface area (Å²) in [5.41, 5.74) is 4.56. The molecule has 1 unspecified atom stereocenters. The predicted molar refractivity (Wildman–Crippen MR) is 94.0 cm³/mol. The van der Waals surface area contributed by atoms with Crippen LogP contribution >= 0.6 is 0 Å². The molecule has 5 heteroatoms. The molecule has 2 saturated heterocycles. The van der Waals surface area contributed by atoms with Crippen molar-refractivity contribution >= 4 is 11.7 Å². The number of nitrogens with zero attached hydrogens (tertiary/aromatic N) is 1. The maximum absolute atomic E-state index is 12.8. The lowest BCUT2D eigenvalue weighted by Crippen LogP contribution is -2.61. The Morgan fingerprint density at radius 2 is 2.24 bits per heavy atom. The van der Waals surface area contributed by atoms with E-state index in [1.165, 1.54) is 12.7 Å². The van der Waals surface area contributed by atoms with E-state index in [9.17, 15) is 9.90 Å². The van der Waals surface area contributed by atoms with E-state index in [1.54, 1.807) is 0 Å². The maximum atomic E-state index is 12.8. The molecule has 2 bridgehead atoms. The second-order valence-corrected chi connectivity index (χ2v) is 7.42.